The number of pyridine rings is 1. The van der Waals surface area contributed by atoms with E-state index in [0.29, 0.717) is 23.6 Å². The first-order valence-electron chi connectivity index (χ1n) is 7.13. The Morgan fingerprint density at radius 3 is 2.82 bits per heavy atom. The minimum atomic E-state index is -0.743. The summed E-state index contributed by atoms with van der Waals surface area (Å²) in [5, 5.41) is 12.9. The van der Waals surface area contributed by atoms with Gasteiger partial charge in [-0.2, -0.15) is 0 Å². The lowest BCUT2D eigenvalue weighted by Gasteiger charge is -2.19. The van der Waals surface area contributed by atoms with Crippen molar-refractivity contribution in [2.75, 3.05) is 19.0 Å². The minimum Gasteiger partial charge on any atom is -0.467 e. The SMILES string of the molecule is CC(CC(O)c1ccco1)NC(=O)c1cccnc1N(C)C. The van der Waals surface area contributed by atoms with Gasteiger partial charge in [0.05, 0.1) is 11.8 Å². The zero-order chi connectivity index (χ0) is 16.1. The van der Waals surface area contributed by atoms with Crippen molar-refractivity contribution in [3.63, 3.8) is 0 Å². The van der Waals surface area contributed by atoms with Crippen LogP contribution >= 0.6 is 0 Å². The summed E-state index contributed by atoms with van der Waals surface area (Å²) >= 11 is 0. The lowest BCUT2D eigenvalue weighted by molar-refractivity contribution is 0.0903. The Morgan fingerprint density at radius 2 is 2.18 bits per heavy atom. The van der Waals surface area contributed by atoms with Gasteiger partial charge in [0.1, 0.15) is 17.7 Å². The van der Waals surface area contributed by atoms with Crippen LogP contribution in [0, 0.1) is 0 Å². The van der Waals surface area contributed by atoms with Gasteiger partial charge in [0.2, 0.25) is 0 Å². The number of amides is 1. The van der Waals surface area contributed by atoms with Crippen LogP contribution < -0.4 is 10.2 Å². The Kier molecular flexibility index (Phi) is 5.16. The molecule has 0 fully saturated rings. The van der Waals surface area contributed by atoms with Gasteiger partial charge < -0.3 is 19.7 Å². The number of aromatic nitrogens is 1. The molecule has 0 spiro atoms. The molecule has 2 atom stereocenters. The number of nitrogens with zero attached hydrogens (tertiary/aromatic N) is 2. The number of rotatable bonds is 6. The smallest absolute Gasteiger partial charge is 0.255 e. The molecule has 2 unspecified atom stereocenters. The van der Waals surface area contributed by atoms with Gasteiger partial charge in [0, 0.05) is 32.8 Å². The van der Waals surface area contributed by atoms with E-state index in [0.717, 1.165) is 0 Å². The maximum Gasteiger partial charge on any atom is 0.255 e. The summed E-state index contributed by atoms with van der Waals surface area (Å²) in [5.74, 6) is 0.895. The largest absolute Gasteiger partial charge is 0.467 e. The Balaban J connectivity index is 2.00. The van der Waals surface area contributed by atoms with Crippen molar-refractivity contribution < 1.29 is 14.3 Å². The summed E-state index contributed by atoms with van der Waals surface area (Å²) in [4.78, 5) is 18.4. The molecule has 2 aromatic heterocycles. The highest BCUT2D eigenvalue weighted by Gasteiger charge is 2.19. The van der Waals surface area contributed by atoms with Crippen LogP contribution in [0.15, 0.2) is 41.1 Å². The zero-order valence-electron chi connectivity index (χ0n) is 13.0. The van der Waals surface area contributed by atoms with E-state index in [9.17, 15) is 9.90 Å². The number of hydrogen-bond acceptors (Lipinski definition) is 5. The normalized spacial score (nSPS) is 13.5. The molecule has 0 aliphatic heterocycles. The first-order chi connectivity index (χ1) is 10.5. The van der Waals surface area contributed by atoms with Crippen molar-refractivity contribution in [1.82, 2.24) is 10.3 Å². The summed E-state index contributed by atoms with van der Waals surface area (Å²) in [5.41, 5.74) is 0.506. The number of carbonyl (C=O) groups is 1. The average molecular weight is 303 g/mol. The molecule has 2 N–H and O–H groups in total. The molecule has 0 bridgehead atoms. The summed E-state index contributed by atoms with van der Waals surface area (Å²) in [6, 6.07) is 6.69. The Bertz CT molecular complexity index is 611. The van der Waals surface area contributed by atoms with E-state index in [-0.39, 0.29) is 11.9 Å². The maximum absolute atomic E-state index is 12.4. The molecular formula is C16H21N3O3. The average Bonchev–Trinajstić information content (AvgIpc) is 3.01. The van der Waals surface area contributed by atoms with E-state index in [1.165, 1.54) is 6.26 Å². The third kappa shape index (κ3) is 3.85. The van der Waals surface area contributed by atoms with Crippen molar-refractivity contribution in [3.05, 3.63) is 48.0 Å². The van der Waals surface area contributed by atoms with Gasteiger partial charge in [-0.3, -0.25) is 4.79 Å². The molecular weight excluding hydrogens is 282 g/mol. The molecule has 6 nitrogen and oxygen atoms in total. The summed E-state index contributed by atoms with van der Waals surface area (Å²) in [6.07, 6.45) is 2.79. The standard InChI is InChI=1S/C16H21N3O3/c1-11(10-13(20)14-7-5-9-22-14)18-16(21)12-6-4-8-17-15(12)19(2)3/h4-9,11,13,20H,10H2,1-3H3,(H,18,21). The second-order valence-corrected chi connectivity index (χ2v) is 5.41. The van der Waals surface area contributed by atoms with Gasteiger partial charge in [-0.05, 0) is 31.2 Å². The van der Waals surface area contributed by atoms with E-state index < -0.39 is 6.10 Å². The van der Waals surface area contributed by atoms with Crippen LogP contribution in [-0.2, 0) is 0 Å². The van der Waals surface area contributed by atoms with Crippen molar-refractivity contribution in [3.8, 4) is 0 Å². The number of aliphatic hydroxyl groups excluding tert-OH is 1. The molecule has 2 aromatic rings. The highest BCUT2D eigenvalue weighted by Crippen LogP contribution is 2.19. The molecule has 0 aliphatic carbocycles. The lowest BCUT2D eigenvalue weighted by Crippen LogP contribution is -2.34. The Morgan fingerprint density at radius 1 is 1.41 bits per heavy atom. The third-order valence-electron chi connectivity index (χ3n) is 3.28. The van der Waals surface area contributed by atoms with E-state index in [4.69, 9.17) is 4.42 Å². The van der Waals surface area contributed by atoms with Gasteiger partial charge in [-0.15, -0.1) is 0 Å². The van der Waals surface area contributed by atoms with Crippen LogP contribution in [0.3, 0.4) is 0 Å². The lowest BCUT2D eigenvalue weighted by atomic mass is 10.1. The second kappa shape index (κ2) is 7.09. The monoisotopic (exact) mass is 303 g/mol. The highest BCUT2D eigenvalue weighted by molar-refractivity contribution is 5.98. The van der Waals surface area contributed by atoms with Gasteiger partial charge in [-0.25, -0.2) is 4.98 Å². The van der Waals surface area contributed by atoms with Crippen molar-refractivity contribution in [2.45, 2.75) is 25.5 Å². The molecule has 22 heavy (non-hydrogen) atoms. The third-order valence-corrected chi connectivity index (χ3v) is 3.28. The predicted molar refractivity (Wildman–Crippen MR) is 83.8 cm³/mol. The number of anilines is 1. The van der Waals surface area contributed by atoms with Crippen LogP contribution in [0.1, 0.15) is 35.6 Å². The van der Waals surface area contributed by atoms with Gasteiger partial charge in [-0.1, -0.05) is 0 Å². The van der Waals surface area contributed by atoms with Gasteiger partial charge in [0.25, 0.3) is 5.91 Å². The Labute approximate surface area is 129 Å². The predicted octanol–water partition coefficient (Wildman–Crippen LogP) is 1.98. The summed E-state index contributed by atoms with van der Waals surface area (Å²) in [7, 11) is 3.67. The number of nitrogens with one attached hydrogen (secondary N) is 1. The molecule has 0 saturated carbocycles. The fourth-order valence-electron chi connectivity index (χ4n) is 2.22. The van der Waals surface area contributed by atoms with Crippen LogP contribution in [0.5, 0.6) is 0 Å². The van der Waals surface area contributed by atoms with Crippen molar-refractivity contribution in [1.29, 1.82) is 0 Å². The number of carbonyl (C=O) groups excluding carboxylic acids is 1. The molecule has 2 rings (SSSR count). The van der Waals surface area contributed by atoms with E-state index in [1.807, 2.05) is 21.0 Å². The van der Waals surface area contributed by atoms with Gasteiger partial charge in [0.15, 0.2) is 0 Å². The minimum absolute atomic E-state index is 0.206. The van der Waals surface area contributed by atoms with Crippen molar-refractivity contribution in [2.24, 2.45) is 0 Å². The summed E-state index contributed by atoms with van der Waals surface area (Å²) in [6.45, 7) is 1.84. The zero-order valence-corrected chi connectivity index (χ0v) is 13.0. The second-order valence-electron chi connectivity index (χ2n) is 5.41. The first kappa shape index (κ1) is 16.0. The number of hydrogen-bond donors (Lipinski definition) is 2. The van der Waals surface area contributed by atoms with E-state index >= 15 is 0 Å². The first-order valence-corrected chi connectivity index (χ1v) is 7.13. The molecule has 118 valence electrons. The molecule has 2 heterocycles. The number of aliphatic hydroxyl groups is 1. The van der Waals surface area contributed by atoms with Crippen LogP contribution in [0.25, 0.3) is 0 Å². The molecule has 1 amide bonds. The fourth-order valence-corrected chi connectivity index (χ4v) is 2.22. The molecule has 0 saturated heterocycles. The fraction of sp³-hybridized carbons (Fsp3) is 0.375. The maximum atomic E-state index is 12.4. The molecule has 0 aromatic carbocycles. The molecule has 0 aliphatic rings. The highest BCUT2D eigenvalue weighted by atomic mass is 16.4. The van der Waals surface area contributed by atoms with Crippen LogP contribution in [0.2, 0.25) is 0 Å². The van der Waals surface area contributed by atoms with Crippen LogP contribution in [-0.4, -0.2) is 36.1 Å². The van der Waals surface area contributed by atoms with E-state index in [1.54, 1.807) is 35.4 Å². The van der Waals surface area contributed by atoms with Crippen LogP contribution in [0.4, 0.5) is 5.82 Å². The van der Waals surface area contributed by atoms with E-state index in [2.05, 4.69) is 10.3 Å². The quantitative estimate of drug-likeness (QED) is 0.853. The topological polar surface area (TPSA) is 78.6 Å². The molecule has 6 heteroatoms. The van der Waals surface area contributed by atoms with Crippen molar-refractivity contribution >= 4 is 11.7 Å². The summed E-state index contributed by atoms with van der Waals surface area (Å²) < 4.78 is 5.16. The Hall–Kier alpha value is -2.34. The van der Waals surface area contributed by atoms with Gasteiger partial charge >= 0.3 is 0 Å². The number of furan rings is 1. The molecule has 0 radical (unpaired) electrons.